The fraction of sp³-hybridized carbons (Fsp3) is 0.240. The van der Waals surface area contributed by atoms with Crippen molar-refractivity contribution >= 4 is 5.69 Å². The van der Waals surface area contributed by atoms with Crippen molar-refractivity contribution in [2.24, 2.45) is 0 Å². The molecule has 0 aliphatic carbocycles. The van der Waals surface area contributed by atoms with Crippen LogP contribution in [-0.2, 0) is 0 Å². The van der Waals surface area contributed by atoms with Gasteiger partial charge in [-0.15, -0.1) is 0 Å². The molecule has 0 spiro atoms. The predicted molar refractivity (Wildman–Crippen MR) is 114 cm³/mol. The molecule has 0 saturated carbocycles. The van der Waals surface area contributed by atoms with Gasteiger partial charge < -0.3 is 4.90 Å². The van der Waals surface area contributed by atoms with Crippen molar-refractivity contribution in [1.29, 1.82) is 5.26 Å². The third-order valence-electron chi connectivity index (χ3n) is 5.28. The lowest BCUT2D eigenvalue weighted by Crippen LogP contribution is -2.23. The molecule has 27 heavy (non-hydrogen) atoms. The number of nitrogens with zero attached hydrogens (tertiary/aromatic N) is 2. The molecular weight excluding hydrogens is 328 g/mol. The molecule has 3 aromatic carbocycles. The topological polar surface area (TPSA) is 27.0 Å². The van der Waals surface area contributed by atoms with E-state index in [9.17, 15) is 5.26 Å². The van der Waals surface area contributed by atoms with Crippen molar-refractivity contribution in [3.63, 3.8) is 0 Å². The van der Waals surface area contributed by atoms with Crippen molar-refractivity contribution in [3.8, 4) is 17.2 Å². The summed E-state index contributed by atoms with van der Waals surface area (Å²) in [6.45, 7) is 8.67. The largest absolute Gasteiger partial charge is 0.372 e. The molecule has 0 amide bonds. The molecule has 1 unspecified atom stereocenters. The minimum absolute atomic E-state index is 0.307. The summed E-state index contributed by atoms with van der Waals surface area (Å²) in [6.07, 6.45) is 0. The number of para-hydroxylation sites is 1. The molecule has 3 rings (SSSR count). The second-order valence-electron chi connectivity index (χ2n) is 6.73. The summed E-state index contributed by atoms with van der Waals surface area (Å²) in [4.78, 5) is 2.41. The maximum Gasteiger partial charge on any atom is 0.0998 e. The zero-order chi connectivity index (χ0) is 19.2. The van der Waals surface area contributed by atoms with Crippen LogP contribution in [0.1, 0.15) is 43.4 Å². The highest BCUT2D eigenvalue weighted by molar-refractivity contribution is 5.70. The smallest absolute Gasteiger partial charge is 0.0998 e. The Morgan fingerprint density at radius 3 is 2.15 bits per heavy atom. The van der Waals surface area contributed by atoms with Gasteiger partial charge in [0.25, 0.3) is 0 Å². The van der Waals surface area contributed by atoms with Gasteiger partial charge >= 0.3 is 0 Å². The molecule has 0 aliphatic rings. The molecule has 0 fully saturated rings. The lowest BCUT2D eigenvalue weighted by atomic mass is 9.90. The fourth-order valence-electron chi connectivity index (χ4n) is 3.67. The molecule has 1 atom stereocenters. The number of benzene rings is 3. The van der Waals surface area contributed by atoms with E-state index < -0.39 is 0 Å². The summed E-state index contributed by atoms with van der Waals surface area (Å²) >= 11 is 0. The van der Waals surface area contributed by atoms with Crippen molar-refractivity contribution in [2.75, 3.05) is 18.0 Å². The maximum atomic E-state index is 9.35. The molecular formula is C25H26N2. The van der Waals surface area contributed by atoms with E-state index in [-0.39, 0.29) is 0 Å². The third kappa shape index (κ3) is 3.88. The fourth-order valence-corrected chi connectivity index (χ4v) is 3.67. The van der Waals surface area contributed by atoms with Crippen LogP contribution in [0.5, 0.6) is 0 Å². The standard InChI is InChI=1S/C25H26N2/c1-4-27(5-2)25-13-9-8-11-23(25)19(3)20-14-16-21(17-15-20)24-12-7-6-10-22(24)18-26/h6-17,19H,4-5H2,1-3H3. The second kappa shape index (κ2) is 8.56. The van der Waals surface area contributed by atoms with Crippen LogP contribution in [0.2, 0.25) is 0 Å². The first-order valence-corrected chi connectivity index (χ1v) is 9.62. The van der Waals surface area contributed by atoms with E-state index in [1.54, 1.807) is 0 Å². The Morgan fingerprint density at radius 2 is 1.48 bits per heavy atom. The van der Waals surface area contributed by atoms with Crippen molar-refractivity contribution in [3.05, 3.63) is 89.5 Å². The van der Waals surface area contributed by atoms with E-state index in [1.807, 2.05) is 24.3 Å². The Hall–Kier alpha value is -3.05. The number of hydrogen-bond donors (Lipinski definition) is 0. The van der Waals surface area contributed by atoms with Gasteiger partial charge in [-0.1, -0.05) is 67.6 Å². The molecule has 0 bridgehead atoms. The van der Waals surface area contributed by atoms with Gasteiger partial charge in [0.15, 0.2) is 0 Å². The van der Waals surface area contributed by atoms with Gasteiger partial charge in [0.1, 0.15) is 0 Å². The van der Waals surface area contributed by atoms with Crippen LogP contribution in [0.15, 0.2) is 72.8 Å². The first kappa shape index (κ1) is 18.7. The van der Waals surface area contributed by atoms with Gasteiger partial charge in [0, 0.05) is 24.7 Å². The quantitative estimate of drug-likeness (QED) is 0.525. The molecule has 136 valence electrons. The van der Waals surface area contributed by atoms with Gasteiger partial charge in [-0.3, -0.25) is 0 Å². The highest BCUT2D eigenvalue weighted by Gasteiger charge is 2.15. The van der Waals surface area contributed by atoms with Crippen LogP contribution in [0.3, 0.4) is 0 Å². The first-order chi connectivity index (χ1) is 13.2. The number of hydrogen-bond acceptors (Lipinski definition) is 2. The Balaban J connectivity index is 1.94. The highest BCUT2D eigenvalue weighted by atomic mass is 15.1. The maximum absolute atomic E-state index is 9.35. The SMILES string of the molecule is CCN(CC)c1ccccc1C(C)c1ccc(-c2ccccc2C#N)cc1. The second-order valence-corrected chi connectivity index (χ2v) is 6.73. The molecule has 0 aliphatic heterocycles. The molecule has 3 aromatic rings. The van der Waals surface area contributed by atoms with Gasteiger partial charge in [-0.2, -0.15) is 5.26 Å². The lowest BCUT2D eigenvalue weighted by Gasteiger charge is -2.27. The average Bonchev–Trinajstić information content (AvgIpc) is 2.74. The van der Waals surface area contributed by atoms with Crippen molar-refractivity contribution in [2.45, 2.75) is 26.7 Å². The predicted octanol–water partition coefficient (Wildman–Crippen LogP) is 6.22. The lowest BCUT2D eigenvalue weighted by molar-refractivity contribution is 0.836. The van der Waals surface area contributed by atoms with Gasteiger partial charge in [0.05, 0.1) is 11.6 Å². The van der Waals surface area contributed by atoms with E-state index >= 15 is 0 Å². The summed E-state index contributed by atoms with van der Waals surface area (Å²) < 4.78 is 0. The summed E-state index contributed by atoms with van der Waals surface area (Å²) in [5, 5.41) is 9.35. The first-order valence-electron chi connectivity index (χ1n) is 9.62. The molecule has 0 N–H and O–H groups in total. The number of rotatable bonds is 6. The normalized spacial score (nSPS) is 11.6. The van der Waals surface area contributed by atoms with Gasteiger partial charge in [-0.05, 0) is 48.2 Å². The summed E-state index contributed by atoms with van der Waals surface area (Å²) in [5.74, 6) is 0.307. The minimum atomic E-state index is 0.307. The van der Waals surface area contributed by atoms with Crippen LogP contribution >= 0.6 is 0 Å². The van der Waals surface area contributed by atoms with E-state index in [0.29, 0.717) is 11.5 Å². The van der Waals surface area contributed by atoms with Crippen molar-refractivity contribution < 1.29 is 0 Å². The number of anilines is 1. The summed E-state index contributed by atoms with van der Waals surface area (Å²) in [5.41, 5.74) is 6.74. The van der Waals surface area contributed by atoms with Crippen LogP contribution in [0, 0.1) is 11.3 Å². The molecule has 0 saturated heterocycles. The van der Waals surface area contributed by atoms with Crippen LogP contribution in [0.4, 0.5) is 5.69 Å². The molecule has 0 aromatic heterocycles. The van der Waals surface area contributed by atoms with Crippen molar-refractivity contribution in [1.82, 2.24) is 0 Å². The zero-order valence-corrected chi connectivity index (χ0v) is 16.3. The molecule has 0 heterocycles. The number of nitriles is 1. The van der Waals surface area contributed by atoms with Crippen LogP contribution in [-0.4, -0.2) is 13.1 Å². The van der Waals surface area contributed by atoms with Gasteiger partial charge in [-0.25, -0.2) is 0 Å². The van der Waals surface area contributed by atoms with E-state index in [1.165, 1.54) is 16.8 Å². The monoisotopic (exact) mass is 354 g/mol. The van der Waals surface area contributed by atoms with Crippen LogP contribution in [0.25, 0.3) is 11.1 Å². The zero-order valence-electron chi connectivity index (χ0n) is 16.3. The van der Waals surface area contributed by atoms with Crippen LogP contribution < -0.4 is 4.90 Å². The van der Waals surface area contributed by atoms with E-state index in [4.69, 9.17) is 0 Å². The Bertz CT molecular complexity index is 931. The molecule has 0 radical (unpaired) electrons. The third-order valence-corrected chi connectivity index (χ3v) is 5.28. The average molecular weight is 354 g/mol. The highest BCUT2D eigenvalue weighted by Crippen LogP contribution is 2.33. The Morgan fingerprint density at radius 1 is 0.852 bits per heavy atom. The minimum Gasteiger partial charge on any atom is -0.372 e. The Kier molecular flexibility index (Phi) is 5.94. The summed E-state index contributed by atoms with van der Waals surface area (Å²) in [7, 11) is 0. The van der Waals surface area contributed by atoms with E-state index in [2.05, 4.69) is 80.3 Å². The molecule has 2 heteroatoms. The van der Waals surface area contributed by atoms with Gasteiger partial charge in [0.2, 0.25) is 0 Å². The Labute approximate surface area is 162 Å². The summed E-state index contributed by atoms with van der Waals surface area (Å²) in [6, 6.07) is 27.4. The molecule has 2 nitrogen and oxygen atoms in total. The van der Waals surface area contributed by atoms with E-state index in [0.717, 1.165) is 24.2 Å².